The monoisotopic (exact) mass is 447 g/mol. The molecule has 0 aliphatic heterocycles. The number of aliphatic imine (C=N–C) groups is 1. The van der Waals surface area contributed by atoms with E-state index in [2.05, 4.69) is 32.1 Å². The van der Waals surface area contributed by atoms with Crippen LogP contribution in [0.4, 0.5) is 5.82 Å². The Hall–Kier alpha value is -3.30. The zero-order valence-electron chi connectivity index (χ0n) is 17.5. The van der Waals surface area contributed by atoms with E-state index in [0.29, 0.717) is 17.1 Å². The number of hydrogen-bond acceptors (Lipinski definition) is 8. The predicted octanol–water partition coefficient (Wildman–Crippen LogP) is 2.03. The lowest BCUT2D eigenvalue weighted by atomic mass is 9.92. The minimum Gasteiger partial charge on any atom is -0.487 e. The molecule has 3 aromatic rings. The van der Waals surface area contributed by atoms with Crippen LogP contribution in [0.1, 0.15) is 24.8 Å². The number of benzene rings is 1. The highest BCUT2D eigenvalue weighted by molar-refractivity contribution is 7.07. The van der Waals surface area contributed by atoms with Crippen molar-refractivity contribution in [3.05, 3.63) is 50.9 Å². The lowest BCUT2D eigenvalue weighted by Crippen LogP contribution is -2.41. The third kappa shape index (κ3) is 3.85. The first kappa shape index (κ1) is 20.6. The third-order valence-corrected chi connectivity index (χ3v) is 6.54. The zero-order valence-corrected chi connectivity index (χ0v) is 18.4. The van der Waals surface area contributed by atoms with Crippen LogP contribution in [0, 0.1) is 0 Å². The molecular formula is C23H23N6O2S-. The second-order valence-electron chi connectivity index (χ2n) is 7.78. The summed E-state index contributed by atoms with van der Waals surface area (Å²) in [7, 11) is 1.69. The molecule has 0 bridgehead atoms. The molecule has 2 aliphatic carbocycles. The quantitative estimate of drug-likeness (QED) is 0.558. The van der Waals surface area contributed by atoms with Gasteiger partial charge in [-0.3, -0.25) is 9.98 Å². The van der Waals surface area contributed by atoms with Gasteiger partial charge in [0.05, 0.1) is 27.0 Å². The van der Waals surface area contributed by atoms with Crippen molar-refractivity contribution in [2.75, 3.05) is 7.05 Å². The van der Waals surface area contributed by atoms with Crippen LogP contribution in [0.3, 0.4) is 0 Å². The first-order chi connectivity index (χ1) is 15.7. The van der Waals surface area contributed by atoms with E-state index in [-0.39, 0.29) is 12.1 Å². The smallest absolute Gasteiger partial charge is 0.129 e. The summed E-state index contributed by atoms with van der Waals surface area (Å²) in [6.07, 6.45) is 10.5. The van der Waals surface area contributed by atoms with Gasteiger partial charge in [-0.1, -0.05) is 12.2 Å². The Kier molecular flexibility index (Phi) is 5.59. The molecule has 164 valence electrons. The first-order valence-corrected chi connectivity index (χ1v) is 11.3. The number of aliphatic hydroxyl groups is 1. The van der Waals surface area contributed by atoms with Gasteiger partial charge in [-0.25, -0.2) is 4.98 Å². The van der Waals surface area contributed by atoms with Crippen LogP contribution in [0.5, 0.6) is 5.75 Å². The molecule has 2 heterocycles. The van der Waals surface area contributed by atoms with Crippen LogP contribution < -0.4 is 20.4 Å². The fourth-order valence-electron chi connectivity index (χ4n) is 3.86. The van der Waals surface area contributed by atoms with Gasteiger partial charge < -0.3 is 25.9 Å². The molecule has 9 heteroatoms. The Morgan fingerprint density at radius 3 is 2.97 bits per heavy atom. The fourth-order valence-corrected chi connectivity index (χ4v) is 4.64. The molecule has 5 rings (SSSR count). The molecule has 1 aromatic carbocycles. The van der Waals surface area contributed by atoms with E-state index in [0.717, 1.165) is 45.7 Å². The highest BCUT2D eigenvalue weighted by Gasteiger charge is 2.31. The second-order valence-corrected chi connectivity index (χ2v) is 8.67. The van der Waals surface area contributed by atoms with Crippen LogP contribution in [0.25, 0.3) is 33.9 Å². The zero-order chi connectivity index (χ0) is 22.1. The van der Waals surface area contributed by atoms with Crippen LogP contribution >= 0.6 is 11.3 Å². The highest BCUT2D eigenvalue weighted by Crippen LogP contribution is 2.40. The van der Waals surface area contributed by atoms with E-state index < -0.39 is 6.10 Å². The van der Waals surface area contributed by atoms with Gasteiger partial charge in [0.1, 0.15) is 11.9 Å². The molecule has 8 nitrogen and oxygen atoms in total. The molecule has 0 spiro atoms. The van der Waals surface area contributed by atoms with Crippen molar-refractivity contribution in [2.24, 2.45) is 10.7 Å². The molecule has 0 radical (unpaired) electrons. The largest absolute Gasteiger partial charge is 0.487 e. The average Bonchev–Trinajstić information content (AvgIpc) is 3.27. The minimum atomic E-state index is -0.480. The fraction of sp³-hybridized carbons (Fsp3) is 0.304. The summed E-state index contributed by atoms with van der Waals surface area (Å²) >= 11 is 1.60. The van der Waals surface area contributed by atoms with Gasteiger partial charge in [-0.2, -0.15) is 0 Å². The number of nitrogens with zero attached hydrogens (tertiary/aromatic N) is 5. The minimum absolute atomic E-state index is 0.0467. The first-order valence-electron chi connectivity index (χ1n) is 10.5. The van der Waals surface area contributed by atoms with Crippen LogP contribution in [0.15, 0.2) is 35.2 Å². The molecule has 0 saturated heterocycles. The molecule has 2 aliphatic rings. The van der Waals surface area contributed by atoms with E-state index in [9.17, 15) is 5.11 Å². The number of hydrogen-bond donors (Lipinski definition) is 2. The molecule has 3 atom stereocenters. The maximum absolute atomic E-state index is 10.1. The number of allylic oxidation sites excluding steroid dienone is 1. The van der Waals surface area contributed by atoms with Crippen molar-refractivity contribution in [3.8, 4) is 5.75 Å². The Balaban J connectivity index is 1.59. The highest BCUT2D eigenvalue weighted by atomic mass is 32.1. The lowest BCUT2D eigenvalue weighted by Gasteiger charge is -2.34. The molecule has 3 N–H and O–H groups in total. The van der Waals surface area contributed by atoms with E-state index in [1.54, 1.807) is 24.6 Å². The molecule has 32 heavy (non-hydrogen) atoms. The standard InChI is InChI=1S/C23H23N6O2S/c1-25-10-14(9-24)13-6-17-22(20(7-13)31-19-5-4-18(19)30)23(27-11-26-17)29-15-2-3-16-21(8-15)32-12-28-16/h3,6-12,15,18-19,30H,2,4-5,24H2,1H3/q-1/b14-9+,25-10?. The lowest BCUT2D eigenvalue weighted by molar-refractivity contribution is -0.0354. The van der Waals surface area contributed by atoms with E-state index in [4.69, 9.17) is 15.8 Å². The van der Waals surface area contributed by atoms with Gasteiger partial charge >= 0.3 is 0 Å². The number of fused-ring (bicyclic) bond motifs is 2. The summed E-state index contributed by atoms with van der Waals surface area (Å²) in [5, 5.41) is 16.8. The van der Waals surface area contributed by atoms with Gasteiger partial charge in [0, 0.05) is 36.7 Å². The topological polar surface area (TPSA) is 121 Å². The predicted molar refractivity (Wildman–Crippen MR) is 127 cm³/mol. The Morgan fingerprint density at radius 2 is 2.22 bits per heavy atom. The van der Waals surface area contributed by atoms with Gasteiger partial charge in [-0.05, 0) is 48.8 Å². The van der Waals surface area contributed by atoms with Crippen LogP contribution in [0.2, 0.25) is 0 Å². The molecule has 2 aromatic heterocycles. The van der Waals surface area contributed by atoms with Crippen molar-refractivity contribution < 1.29 is 9.84 Å². The van der Waals surface area contributed by atoms with E-state index >= 15 is 0 Å². The van der Waals surface area contributed by atoms with E-state index in [1.807, 2.05) is 17.6 Å². The van der Waals surface area contributed by atoms with Crippen molar-refractivity contribution >= 4 is 52.0 Å². The molecular weight excluding hydrogens is 424 g/mol. The maximum atomic E-state index is 10.1. The maximum Gasteiger partial charge on any atom is 0.129 e. The Labute approximate surface area is 188 Å². The van der Waals surface area contributed by atoms with Crippen molar-refractivity contribution in [2.45, 2.75) is 37.5 Å². The molecule has 0 amide bonds. The number of ether oxygens (including phenoxy) is 1. The van der Waals surface area contributed by atoms with Gasteiger partial charge in [0.2, 0.25) is 0 Å². The van der Waals surface area contributed by atoms with E-state index in [1.165, 1.54) is 12.5 Å². The molecule has 1 fully saturated rings. The van der Waals surface area contributed by atoms with Gasteiger partial charge in [0.15, 0.2) is 0 Å². The molecule has 3 unspecified atom stereocenters. The normalized spacial score (nSPS) is 22.7. The van der Waals surface area contributed by atoms with Gasteiger partial charge in [-0.15, -0.1) is 11.3 Å². The Bertz CT molecular complexity index is 1330. The summed E-state index contributed by atoms with van der Waals surface area (Å²) in [5.41, 5.74) is 9.95. The van der Waals surface area contributed by atoms with Crippen LogP contribution in [-0.4, -0.2) is 51.6 Å². The summed E-state index contributed by atoms with van der Waals surface area (Å²) in [4.78, 5) is 17.4. The third-order valence-electron chi connectivity index (χ3n) is 5.73. The Morgan fingerprint density at radius 1 is 1.31 bits per heavy atom. The number of aromatic nitrogens is 3. The summed E-state index contributed by atoms with van der Waals surface area (Å²) < 4.78 is 7.36. The average molecular weight is 448 g/mol. The summed E-state index contributed by atoms with van der Waals surface area (Å²) in [5.74, 6) is 1.15. The van der Waals surface area contributed by atoms with Crippen LogP contribution in [-0.2, 0) is 0 Å². The second kappa shape index (κ2) is 8.68. The number of thiazole rings is 1. The number of nitrogens with two attached hydrogens (primary N) is 1. The van der Waals surface area contributed by atoms with Gasteiger partial charge in [0.25, 0.3) is 0 Å². The van der Waals surface area contributed by atoms with Crippen molar-refractivity contribution in [3.63, 3.8) is 0 Å². The number of aliphatic hydroxyl groups excluding tert-OH is 1. The SMILES string of the molecule is CN=C/C(=C\N)c1cc(OC2CCC2O)c2c([N-]C3C=c4scnc4=CC3)ncnc2c1. The van der Waals surface area contributed by atoms with Crippen molar-refractivity contribution in [1.82, 2.24) is 15.0 Å². The summed E-state index contributed by atoms with van der Waals surface area (Å²) in [6.45, 7) is 0. The molecule has 1 saturated carbocycles. The summed E-state index contributed by atoms with van der Waals surface area (Å²) in [6, 6.07) is 3.78. The van der Waals surface area contributed by atoms with Crippen molar-refractivity contribution in [1.29, 1.82) is 0 Å². The number of rotatable bonds is 6.